The first-order valence-electron chi connectivity index (χ1n) is 8.12. The fourth-order valence-corrected chi connectivity index (χ4v) is 4.32. The molecule has 2 aliphatic carbocycles. The number of carbonyl (C=O) groups excluding carboxylic acids is 1. The summed E-state index contributed by atoms with van der Waals surface area (Å²) in [5.41, 5.74) is 11.0. The number of thiophene rings is 1. The summed E-state index contributed by atoms with van der Waals surface area (Å²) >= 11 is 1.37. The summed E-state index contributed by atoms with van der Waals surface area (Å²) < 4.78 is 0. The lowest BCUT2D eigenvalue weighted by Gasteiger charge is -2.14. The van der Waals surface area contributed by atoms with Gasteiger partial charge in [0.2, 0.25) is 0 Å². The second kappa shape index (κ2) is 5.90. The maximum atomic E-state index is 12.6. The average Bonchev–Trinajstić information content (AvgIpc) is 3.18. The molecule has 0 spiro atoms. The molecular formula is C17H19N5OS. The van der Waals surface area contributed by atoms with Crippen LogP contribution < -0.4 is 16.9 Å². The number of fused-ring (bicyclic) bond motifs is 2. The Morgan fingerprint density at radius 1 is 1.29 bits per heavy atom. The standard InChI is InChI=1S/C17H19N5OS/c18-14-12-8-9-2-1-3-13(9)21-17(12)24-15(14)16(23)20-10-4-6-11(22-19)7-5-10/h4,8H,1-3,5-7,18-19H2,(H,20,23)/b22-11+. The van der Waals surface area contributed by atoms with E-state index in [1.165, 1.54) is 16.9 Å². The predicted molar refractivity (Wildman–Crippen MR) is 97.1 cm³/mol. The van der Waals surface area contributed by atoms with Crippen molar-refractivity contribution in [3.8, 4) is 0 Å². The SMILES string of the molecule is N/N=C1\CC=C(NC(=O)c2sc3nc4c(cc3c2N)CCC4)CC1. The Kier molecular flexibility index (Phi) is 3.72. The van der Waals surface area contributed by atoms with Crippen molar-refractivity contribution in [1.82, 2.24) is 10.3 Å². The highest BCUT2D eigenvalue weighted by Crippen LogP contribution is 2.35. The number of hydrazone groups is 1. The lowest BCUT2D eigenvalue weighted by Crippen LogP contribution is -2.25. The lowest BCUT2D eigenvalue weighted by molar-refractivity contribution is 0.0969. The third kappa shape index (κ3) is 2.54. The van der Waals surface area contributed by atoms with Gasteiger partial charge in [0.25, 0.3) is 5.91 Å². The highest BCUT2D eigenvalue weighted by molar-refractivity contribution is 7.21. The van der Waals surface area contributed by atoms with Gasteiger partial charge in [-0.2, -0.15) is 5.10 Å². The molecule has 2 aromatic heterocycles. The fraction of sp³-hybridized carbons (Fsp3) is 0.353. The number of aromatic nitrogens is 1. The van der Waals surface area contributed by atoms with E-state index in [-0.39, 0.29) is 5.91 Å². The Hall–Kier alpha value is -2.41. The van der Waals surface area contributed by atoms with Gasteiger partial charge in [-0.05, 0) is 43.7 Å². The van der Waals surface area contributed by atoms with E-state index in [1.807, 2.05) is 6.08 Å². The number of carbonyl (C=O) groups is 1. The Morgan fingerprint density at radius 2 is 2.17 bits per heavy atom. The Morgan fingerprint density at radius 3 is 2.92 bits per heavy atom. The monoisotopic (exact) mass is 341 g/mol. The quantitative estimate of drug-likeness (QED) is 0.576. The zero-order valence-electron chi connectivity index (χ0n) is 13.3. The van der Waals surface area contributed by atoms with Crippen LogP contribution in [0.3, 0.4) is 0 Å². The van der Waals surface area contributed by atoms with Crippen LogP contribution in [0.4, 0.5) is 5.69 Å². The molecule has 0 aliphatic heterocycles. The molecule has 6 nitrogen and oxygen atoms in total. The van der Waals surface area contributed by atoms with Crippen molar-refractivity contribution in [3.05, 3.63) is 34.0 Å². The highest BCUT2D eigenvalue weighted by atomic mass is 32.1. The van der Waals surface area contributed by atoms with Crippen molar-refractivity contribution in [2.75, 3.05) is 5.73 Å². The van der Waals surface area contributed by atoms with Crippen LogP contribution in [0.25, 0.3) is 10.2 Å². The van der Waals surface area contributed by atoms with Crippen LogP contribution in [-0.4, -0.2) is 16.6 Å². The molecule has 0 saturated heterocycles. The van der Waals surface area contributed by atoms with Crippen LogP contribution in [0.1, 0.15) is 46.6 Å². The van der Waals surface area contributed by atoms with Gasteiger partial charge in [0.05, 0.1) is 5.69 Å². The van der Waals surface area contributed by atoms with Gasteiger partial charge in [-0.15, -0.1) is 11.3 Å². The summed E-state index contributed by atoms with van der Waals surface area (Å²) in [4.78, 5) is 18.7. The van der Waals surface area contributed by atoms with Gasteiger partial charge in [0.1, 0.15) is 9.71 Å². The second-order valence-electron chi connectivity index (χ2n) is 6.23. The minimum absolute atomic E-state index is 0.157. The molecule has 2 aliphatic rings. The smallest absolute Gasteiger partial charge is 0.267 e. The molecule has 0 aromatic carbocycles. The molecule has 0 fully saturated rings. The third-order valence-electron chi connectivity index (χ3n) is 4.68. The maximum Gasteiger partial charge on any atom is 0.267 e. The summed E-state index contributed by atoms with van der Waals surface area (Å²) in [6.07, 6.45) is 7.37. The van der Waals surface area contributed by atoms with E-state index in [1.54, 1.807) is 0 Å². The van der Waals surface area contributed by atoms with Gasteiger partial charge >= 0.3 is 0 Å². The molecule has 24 heavy (non-hydrogen) atoms. The van der Waals surface area contributed by atoms with E-state index in [2.05, 4.69) is 16.5 Å². The van der Waals surface area contributed by atoms with E-state index in [4.69, 9.17) is 16.6 Å². The van der Waals surface area contributed by atoms with Crippen LogP contribution >= 0.6 is 11.3 Å². The first-order valence-corrected chi connectivity index (χ1v) is 8.94. The van der Waals surface area contributed by atoms with Gasteiger partial charge in [-0.1, -0.05) is 6.08 Å². The molecule has 2 heterocycles. The molecule has 0 bridgehead atoms. The first-order chi connectivity index (χ1) is 11.7. The summed E-state index contributed by atoms with van der Waals surface area (Å²) in [5.74, 6) is 5.14. The van der Waals surface area contributed by atoms with E-state index >= 15 is 0 Å². The van der Waals surface area contributed by atoms with Crippen LogP contribution in [0.15, 0.2) is 22.9 Å². The van der Waals surface area contributed by atoms with Crippen molar-refractivity contribution < 1.29 is 4.79 Å². The average molecular weight is 341 g/mol. The normalized spacial score (nSPS) is 18.7. The number of rotatable bonds is 2. The predicted octanol–water partition coefficient (Wildman–Crippen LogP) is 2.48. The molecule has 1 amide bonds. The number of hydrogen-bond acceptors (Lipinski definition) is 6. The number of nitrogen functional groups attached to an aromatic ring is 1. The van der Waals surface area contributed by atoms with Gasteiger partial charge in [-0.3, -0.25) is 4.79 Å². The van der Waals surface area contributed by atoms with Gasteiger partial charge in [0.15, 0.2) is 0 Å². The van der Waals surface area contributed by atoms with Crippen LogP contribution in [0.5, 0.6) is 0 Å². The van der Waals surface area contributed by atoms with E-state index in [0.717, 1.165) is 59.4 Å². The minimum Gasteiger partial charge on any atom is -0.397 e. The minimum atomic E-state index is -0.157. The largest absolute Gasteiger partial charge is 0.397 e. The molecule has 0 radical (unpaired) electrons. The number of nitrogens with one attached hydrogen (secondary N) is 1. The number of hydrogen-bond donors (Lipinski definition) is 3. The molecule has 7 heteroatoms. The summed E-state index contributed by atoms with van der Waals surface area (Å²) in [6, 6.07) is 2.11. The van der Waals surface area contributed by atoms with Crippen molar-refractivity contribution in [2.45, 2.75) is 38.5 Å². The third-order valence-corrected chi connectivity index (χ3v) is 5.79. The van der Waals surface area contributed by atoms with Crippen molar-refractivity contribution >= 4 is 38.9 Å². The molecule has 4 rings (SSSR count). The van der Waals surface area contributed by atoms with Gasteiger partial charge < -0.3 is 16.9 Å². The molecule has 5 N–H and O–H groups in total. The second-order valence-corrected chi connectivity index (χ2v) is 7.23. The number of pyridine rings is 1. The molecule has 0 saturated carbocycles. The topological polar surface area (TPSA) is 106 Å². The fourth-order valence-electron chi connectivity index (χ4n) is 3.32. The van der Waals surface area contributed by atoms with Crippen molar-refractivity contribution in [3.63, 3.8) is 0 Å². The van der Waals surface area contributed by atoms with Gasteiger partial charge in [0, 0.05) is 28.9 Å². The molecule has 0 atom stereocenters. The Balaban J connectivity index is 1.61. The molecular weight excluding hydrogens is 322 g/mol. The van der Waals surface area contributed by atoms with E-state index in [0.29, 0.717) is 17.0 Å². The number of amides is 1. The zero-order valence-corrected chi connectivity index (χ0v) is 14.1. The first kappa shape index (κ1) is 15.1. The molecule has 124 valence electrons. The molecule has 0 unspecified atom stereocenters. The molecule has 2 aromatic rings. The number of nitrogens with two attached hydrogens (primary N) is 2. The van der Waals surface area contributed by atoms with E-state index in [9.17, 15) is 4.79 Å². The zero-order chi connectivity index (χ0) is 16.7. The van der Waals surface area contributed by atoms with Crippen LogP contribution in [0.2, 0.25) is 0 Å². The lowest BCUT2D eigenvalue weighted by atomic mass is 10.0. The summed E-state index contributed by atoms with van der Waals surface area (Å²) in [6.45, 7) is 0. The van der Waals surface area contributed by atoms with Crippen LogP contribution in [-0.2, 0) is 12.8 Å². The van der Waals surface area contributed by atoms with Crippen LogP contribution in [0, 0.1) is 0 Å². The number of aryl methyl sites for hydroxylation is 2. The maximum absolute atomic E-state index is 12.6. The Bertz CT molecular complexity index is 896. The summed E-state index contributed by atoms with van der Waals surface area (Å²) in [7, 11) is 0. The Labute approximate surface area is 143 Å². The number of allylic oxidation sites excluding steroid dienone is 2. The van der Waals surface area contributed by atoms with E-state index < -0.39 is 0 Å². The number of nitrogens with zero attached hydrogens (tertiary/aromatic N) is 2. The van der Waals surface area contributed by atoms with Gasteiger partial charge in [-0.25, -0.2) is 4.98 Å². The highest BCUT2D eigenvalue weighted by Gasteiger charge is 2.22. The number of anilines is 1. The van der Waals surface area contributed by atoms with Crippen molar-refractivity contribution in [1.29, 1.82) is 0 Å². The summed E-state index contributed by atoms with van der Waals surface area (Å²) in [5, 5.41) is 7.60. The van der Waals surface area contributed by atoms with Crippen molar-refractivity contribution in [2.24, 2.45) is 10.9 Å².